The van der Waals surface area contributed by atoms with Gasteiger partial charge >= 0.3 is 5.97 Å². The average Bonchev–Trinajstić information content (AvgIpc) is 3.01. The number of carbonyl (C=O) groups excluding carboxylic acids is 1. The topological polar surface area (TPSA) is 32.8 Å². The minimum atomic E-state index is -0.261. The molecule has 0 spiro atoms. The summed E-state index contributed by atoms with van der Waals surface area (Å²) in [6, 6.07) is 7.59. The van der Waals surface area contributed by atoms with Crippen LogP contribution in [0.15, 0.2) is 36.7 Å². The van der Waals surface area contributed by atoms with E-state index in [0.29, 0.717) is 12.2 Å². The lowest BCUT2D eigenvalue weighted by atomic mass is 10.2. The lowest BCUT2D eigenvalue weighted by Crippen LogP contribution is -2.25. The highest BCUT2D eigenvalue weighted by atomic mass is 16.5. The van der Waals surface area contributed by atoms with E-state index in [1.165, 1.54) is 25.7 Å². The highest BCUT2D eigenvalue weighted by molar-refractivity contribution is 5.89. The van der Waals surface area contributed by atoms with Crippen LogP contribution in [0.3, 0.4) is 0 Å². The van der Waals surface area contributed by atoms with Gasteiger partial charge in [0.2, 0.25) is 0 Å². The minimum absolute atomic E-state index is 0.261. The molecule has 0 atom stereocenters. The third-order valence-electron chi connectivity index (χ3n) is 3.80. The molecule has 1 heterocycles. The zero-order valence-corrected chi connectivity index (χ0v) is 13.6. The zero-order chi connectivity index (χ0) is 15.8. The maximum atomic E-state index is 11.6. The first-order valence-corrected chi connectivity index (χ1v) is 8.20. The first kappa shape index (κ1) is 16.4. The van der Waals surface area contributed by atoms with E-state index in [4.69, 9.17) is 4.74 Å². The number of carbonyl (C=O) groups is 1. The average molecular weight is 302 g/mol. The quantitative estimate of drug-likeness (QED) is 0.537. The van der Waals surface area contributed by atoms with E-state index in [-0.39, 0.29) is 5.97 Å². The van der Waals surface area contributed by atoms with Crippen LogP contribution in [0.2, 0.25) is 0 Å². The van der Waals surface area contributed by atoms with Gasteiger partial charge in [-0.2, -0.15) is 0 Å². The van der Waals surface area contributed by atoms with Crippen molar-refractivity contribution in [3.8, 4) is 0 Å². The van der Waals surface area contributed by atoms with Crippen LogP contribution in [0, 0.1) is 0 Å². The fourth-order valence-electron chi connectivity index (χ4n) is 2.52. The summed E-state index contributed by atoms with van der Waals surface area (Å²) in [7, 11) is 0. The first-order valence-electron chi connectivity index (χ1n) is 8.20. The van der Waals surface area contributed by atoms with Gasteiger partial charge in [-0.1, -0.05) is 26.2 Å². The molecule has 0 N–H and O–H groups in total. The molecule has 0 fully saturated rings. The molecule has 0 aromatic heterocycles. The van der Waals surface area contributed by atoms with E-state index < -0.39 is 0 Å². The third kappa shape index (κ3) is 4.52. The molecule has 0 aliphatic carbocycles. The number of hydrogen-bond donors (Lipinski definition) is 0. The molecule has 0 unspecified atom stereocenters. The van der Waals surface area contributed by atoms with E-state index >= 15 is 0 Å². The Hall–Kier alpha value is -1.97. The molecule has 1 aromatic carbocycles. The molecule has 2 rings (SSSR count). The molecule has 1 aromatic rings. The van der Waals surface area contributed by atoms with Crippen LogP contribution < -0.4 is 4.90 Å². The maximum absolute atomic E-state index is 11.6. The molecular weight excluding hydrogens is 276 g/mol. The summed E-state index contributed by atoms with van der Waals surface area (Å²) in [6.45, 7) is 6.44. The zero-order valence-electron chi connectivity index (χ0n) is 13.6. The van der Waals surface area contributed by atoms with Crippen molar-refractivity contribution in [2.45, 2.75) is 39.5 Å². The lowest BCUT2D eigenvalue weighted by molar-refractivity contribution is 0.0526. The van der Waals surface area contributed by atoms with Gasteiger partial charge in [0.25, 0.3) is 0 Å². The van der Waals surface area contributed by atoms with Crippen LogP contribution in [0.25, 0.3) is 0 Å². The fourth-order valence-corrected chi connectivity index (χ4v) is 2.52. The van der Waals surface area contributed by atoms with Crippen LogP contribution in [-0.2, 0) is 4.74 Å². The van der Waals surface area contributed by atoms with Crippen molar-refractivity contribution in [1.82, 2.24) is 4.90 Å². The van der Waals surface area contributed by atoms with Gasteiger partial charge in [0, 0.05) is 24.6 Å². The highest BCUT2D eigenvalue weighted by Gasteiger charge is 2.14. The van der Waals surface area contributed by atoms with Gasteiger partial charge in [-0.3, -0.25) is 0 Å². The summed E-state index contributed by atoms with van der Waals surface area (Å²) in [6.07, 6.45) is 9.37. The summed E-state index contributed by atoms with van der Waals surface area (Å²) in [4.78, 5) is 16.2. The summed E-state index contributed by atoms with van der Waals surface area (Å²) >= 11 is 0. The second-order valence-electron chi connectivity index (χ2n) is 5.55. The Morgan fingerprint density at radius 1 is 1.09 bits per heavy atom. The fraction of sp³-hybridized carbons (Fsp3) is 0.500. The molecular formula is C18H26N2O2. The predicted octanol–water partition coefficient (Wildman–Crippen LogP) is 3.99. The summed E-state index contributed by atoms with van der Waals surface area (Å²) in [5.41, 5.74) is 1.70. The second kappa shape index (κ2) is 8.47. The van der Waals surface area contributed by atoms with Crippen LogP contribution in [0.4, 0.5) is 5.69 Å². The molecule has 0 radical (unpaired) electrons. The molecule has 0 saturated carbocycles. The van der Waals surface area contributed by atoms with Gasteiger partial charge in [-0.25, -0.2) is 4.79 Å². The van der Waals surface area contributed by atoms with E-state index in [1.807, 2.05) is 31.2 Å². The van der Waals surface area contributed by atoms with E-state index in [0.717, 1.165) is 18.9 Å². The van der Waals surface area contributed by atoms with E-state index in [2.05, 4.69) is 29.1 Å². The molecule has 120 valence electrons. The Kier molecular flexibility index (Phi) is 6.31. The van der Waals surface area contributed by atoms with Gasteiger partial charge in [-0.05, 0) is 37.6 Å². The number of anilines is 1. The molecule has 0 bridgehead atoms. The van der Waals surface area contributed by atoms with Crippen LogP contribution in [0.5, 0.6) is 0 Å². The van der Waals surface area contributed by atoms with Crippen molar-refractivity contribution in [2.75, 3.05) is 24.7 Å². The standard InChI is InChI=1S/C18H26N2O2/c1-3-5-6-7-12-19-13-14-20(15-19)17-10-8-16(9-11-17)18(21)22-4-2/h8-11,13-14H,3-7,12,15H2,1-2H3. The summed E-state index contributed by atoms with van der Waals surface area (Å²) in [5, 5.41) is 0. The number of unbranched alkanes of at least 4 members (excludes halogenated alkanes) is 3. The molecule has 4 nitrogen and oxygen atoms in total. The van der Waals surface area contributed by atoms with Gasteiger partial charge in [0.1, 0.15) is 0 Å². The van der Waals surface area contributed by atoms with E-state index in [1.54, 1.807) is 0 Å². The molecule has 1 aliphatic heterocycles. The largest absolute Gasteiger partial charge is 0.462 e. The Morgan fingerprint density at radius 3 is 2.55 bits per heavy atom. The highest BCUT2D eigenvalue weighted by Crippen LogP contribution is 2.20. The molecule has 22 heavy (non-hydrogen) atoms. The van der Waals surface area contributed by atoms with Gasteiger partial charge in [-0.15, -0.1) is 0 Å². The van der Waals surface area contributed by atoms with Crippen molar-refractivity contribution in [2.24, 2.45) is 0 Å². The SMILES string of the molecule is CCCCCCN1C=CN(c2ccc(C(=O)OCC)cc2)C1. The number of nitrogens with zero attached hydrogens (tertiary/aromatic N) is 2. The normalized spacial score (nSPS) is 13.7. The summed E-state index contributed by atoms with van der Waals surface area (Å²) < 4.78 is 5.00. The number of esters is 1. The van der Waals surface area contributed by atoms with Crippen molar-refractivity contribution in [1.29, 1.82) is 0 Å². The maximum Gasteiger partial charge on any atom is 0.338 e. The number of ether oxygens (including phenoxy) is 1. The molecule has 1 aliphatic rings. The van der Waals surface area contributed by atoms with Gasteiger partial charge in [0.05, 0.1) is 18.8 Å². The Labute approximate surface area is 133 Å². The lowest BCUT2D eigenvalue weighted by Gasteiger charge is -2.21. The van der Waals surface area contributed by atoms with Crippen LogP contribution in [0.1, 0.15) is 49.9 Å². The molecule has 4 heteroatoms. The Balaban J connectivity index is 1.83. The second-order valence-corrected chi connectivity index (χ2v) is 5.55. The third-order valence-corrected chi connectivity index (χ3v) is 3.80. The molecule has 0 saturated heterocycles. The smallest absolute Gasteiger partial charge is 0.338 e. The predicted molar refractivity (Wildman–Crippen MR) is 89.7 cm³/mol. The Morgan fingerprint density at radius 2 is 1.86 bits per heavy atom. The number of rotatable bonds is 8. The van der Waals surface area contributed by atoms with E-state index in [9.17, 15) is 4.79 Å². The van der Waals surface area contributed by atoms with Crippen LogP contribution in [-0.4, -0.2) is 30.7 Å². The van der Waals surface area contributed by atoms with Crippen molar-refractivity contribution < 1.29 is 9.53 Å². The first-order chi connectivity index (χ1) is 10.7. The Bertz CT molecular complexity index is 496. The monoisotopic (exact) mass is 302 g/mol. The van der Waals surface area contributed by atoms with Crippen molar-refractivity contribution >= 4 is 11.7 Å². The molecule has 0 amide bonds. The van der Waals surface area contributed by atoms with Gasteiger partial charge < -0.3 is 14.5 Å². The minimum Gasteiger partial charge on any atom is -0.462 e. The number of hydrogen-bond acceptors (Lipinski definition) is 4. The van der Waals surface area contributed by atoms with Gasteiger partial charge in [0.15, 0.2) is 0 Å². The van der Waals surface area contributed by atoms with Crippen molar-refractivity contribution in [3.63, 3.8) is 0 Å². The summed E-state index contributed by atoms with van der Waals surface area (Å²) in [5.74, 6) is -0.261. The van der Waals surface area contributed by atoms with Crippen molar-refractivity contribution in [3.05, 3.63) is 42.2 Å². The van der Waals surface area contributed by atoms with Crippen LogP contribution >= 0.6 is 0 Å². The number of benzene rings is 1.